The third-order valence-corrected chi connectivity index (χ3v) is 1.99. The largest absolute Gasteiger partial charge is 0.490 e. The third kappa shape index (κ3) is 2.86. The maximum atomic E-state index is 11.9. The molecule has 0 saturated carbocycles. The standard InChI is InChI=1S/C10H12ClFO2/c1-7(13)9-6-8(11)2-3-10(9)14-5-4-12/h2-3,6-7,13H,4-5H2,1H3/t7-/m0/s1. The third-order valence-electron chi connectivity index (χ3n) is 1.76. The lowest BCUT2D eigenvalue weighted by Crippen LogP contribution is -2.03. The van der Waals surface area contributed by atoms with Gasteiger partial charge in [-0.2, -0.15) is 0 Å². The van der Waals surface area contributed by atoms with Gasteiger partial charge in [0.15, 0.2) is 0 Å². The second-order valence-corrected chi connectivity index (χ2v) is 3.33. The first-order chi connectivity index (χ1) is 6.65. The summed E-state index contributed by atoms with van der Waals surface area (Å²) in [5, 5.41) is 9.92. The lowest BCUT2D eigenvalue weighted by atomic mass is 10.1. The molecule has 0 radical (unpaired) electrons. The molecule has 0 amide bonds. The van der Waals surface area contributed by atoms with E-state index in [1.54, 1.807) is 25.1 Å². The number of ether oxygens (including phenoxy) is 1. The van der Waals surface area contributed by atoms with Crippen LogP contribution in [0, 0.1) is 0 Å². The Labute approximate surface area is 87.3 Å². The molecule has 1 aromatic carbocycles. The van der Waals surface area contributed by atoms with Crippen LogP contribution in [0.1, 0.15) is 18.6 Å². The van der Waals surface area contributed by atoms with Crippen LogP contribution in [-0.2, 0) is 0 Å². The lowest BCUT2D eigenvalue weighted by Gasteiger charge is -2.12. The maximum absolute atomic E-state index is 11.9. The van der Waals surface area contributed by atoms with Crippen LogP contribution in [0.4, 0.5) is 4.39 Å². The average molecular weight is 219 g/mol. The predicted octanol–water partition coefficient (Wildman–Crippen LogP) is 2.74. The Morgan fingerprint density at radius 3 is 2.86 bits per heavy atom. The molecule has 2 nitrogen and oxygen atoms in total. The quantitative estimate of drug-likeness (QED) is 0.842. The van der Waals surface area contributed by atoms with Crippen LogP contribution < -0.4 is 4.74 Å². The number of benzene rings is 1. The molecular formula is C10H12ClFO2. The second kappa shape index (κ2) is 5.17. The Kier molecular flexibility index (Phi) is 4.17. The van der Waals surface area contributed by atoms with Gasteiger partial charge in [-0.15, -0.1) is 0 Å². The fourth-order valence-corrected chi connectivity index (χ4v) is 1.31. The van der Waals surface area contributed by atoms with E-state index in [-0.39, 0.29) is 6.61 Å². The van der Waals surface area contributed by atoms with E-state index in [9.17, 15) is 9.50 Å². The molecule has 0 spiro atoms. The van der Waals surface area contributed by atoms with Gasteiger partial charge < -0.3 is 9.84 Å². The molecular weight excluding hydrogens is 207 g/mol. The van der Waals surface area contributed by atoms with E-state index >= 15 is 0 Å². The second-order valence-electron chi connectivity index (χ2n) is 2.90. The summed E-state index contributed by atoms with van der Waals surface area (Å²) in [4.78, 5) is 0. The zero-order valence-corrected chi connectivity index (χ0v) is 8.59. The molecule has 1 rings (SSSR count). The summed E-state index contributed by atoms with van der Waals surface area (Å²) < 4.78 is 17.0. The first kappa shape index (κ1) is 11.3. The molecule has 0 aliphatic heterocycles. The Morgan fingerprint density at radius 1 is 1.57 bits per heavy atom. The fraction of sp³-hybridized carbons (Fsp3) is 0.400. The molecule has 0 aliphatic rings. The number of hydrogen-bond acceptors (Lipinski definition) is 2. The van der Waals surface area contributed by atoms with Crippen molar-refractivity contribution in [3.8, 4) is 5.75 Å². The van der Waals surface area contributed by atoms with Gasteiger partial charge in [-0.3, -0.25) is 0 Å². The zero-order valence-electron chi connectivity index (χ0n) is 7.84. The van der Waals surface area contributed by atoms with Crippen molar-refractivity contribution in [1.82, 2.24) is 0 Å². The Hall–Kier alpha value is -0.800. The van der Waals surface area contributed by atoms with Gasteiger partial charge >= 0.3 is 0 Å². The lowest BCUT2D eigenvalue weighted by molar-refractivity contribution is 0.189. The Morgan fingerprint density at radius 2 is 2.29 bits per heavy atom. The van der Waals surface area contributed by atoms with Crippen molar-refractivity contribution in [2.45, 2.75) is 13.0 Å². The topological polar surface area (TPSA) is 29.5 Å². The fourth-order valence-electron chi connectivity index (χ4n) is 1.13. The van der Waals surface area contributed by atoms with Gasteiger partial charge in [-0.1, -0.05) is 11.6 Å². The number of hydrogen-bond donors (Lipinski definition) is 1. The molecule has 0 bridgehead atoms. The molecule has 14 heavy (non-hydrogen) atoms. The summed E-state index contributed by atoms with van der Waals surface area (Å²) in [6.45, 7) is 1.04. The highest BCUT2D eigenvalue weighted by Crippen LogP contribution is 2.28. The molecule has 0 saturated heterocycles. The van der Waals surface area contributed by atoms with Crippen molar-refractivity contribution >= 4 is 11.6 Å². The van der Waals surface area contributed by atoms with E-state index in [2.05, 4.69) is 0 Å². The summed E-state index contributed by atoms with van der Waals surface area (Å²) in [5.41, 5.74) is 0.575. The Balaban J connectivity index is 2.90. The summed E-state index contributed by atoms with van der Waals surface area (Å²) in [6, 6.07) is 4.88. The number of aliphatic hydroxyl groups excluding tert-OH is 1. The van der Waals surface area contributed by atoms with Crippen molar-refractivity contribution in [2.75, 3.05) is 13.3 Å². The summed E-state index contributed by atoms with van der Waals surface area (Å²) in [5.74, 6) is 0.474. The molecule has 78 valence electrons. The van der Waals surface area contributed by atoms with Crippen molar-refractivity contribution in [3.05, 3.63) is 28.8 Å². The van der Waals surface area contributed by atoms with E-state index < -0.39 is 12.8 Å². The van der Waals surface area contributed by atoms with Gasteiger partial charge in [0.2, 0.25) is 0 Å². The molecule has 0 aliphatic carbocycles. The van der Waals surface area contributed by atoms with Crippen LogP contribution in [0.15, 0.2) is 18.2 Å². The van der Waals surface area contributed by atoms with Crippen LogP contribution in [0.3, 0.4) is 0 Å². The highest BCUT2D eigenvalue weighted by atomic mass is 35.5. The van der Waals surface area contributed by atoms with E-state index in [4.69, 9.17) is 16.3 Å². The minimum atomic E-state index is -0.677. The van der Waals surface area contributed by atoms with Crippen LogP contribution in [0.5, 0.6) is 5.75 Å². The van der Waals surface area contributed by atoms with Gasteiger partial charge in [-0.25, -0.2) is 4.39 Å². The van der Waals surface area contributed by atoms with Gasteiger partial charge in [0.1, 0.15) is 19.0 Å². The zero-order chi connectivity index (χ0) is 10.6. The average Bonchev–Trinajstić information content (AvgIpc) is 2.15. The molecule has 0 aromatic heterocycles. The number of alkyl halides is 1. The van der Waals surface area contributed by atoms with Crippen molar-refractivity contribution < 1.29 is 14.2 Å². The van der Waals surface area contributed by atoms with Gasteiger partial charge in [0, 0.05) is 10.6 Å². The Bertz CT molecular complexity index is 302. The molecule has 1 atom stereocenters. The maximum Gasteiger partial charge on any atom is 0.125 e. The minimum absolute atomic E-state index is 0.0125. The highest BCUT2D eigenvalue weighted by molar-refractivity contribution is 6.30. The van der Waals surface area contributed by atoms with E-state index in [0.717, 1.165) is 0 Å². The first-order valence-electron chi connectivity index (χ1n) is 4.31. The summed E-state index contributed by atoms with van der Waals surface area (Å²) in [7, 11) is 0. The molecule has 0 unspecified atom stereocenters. The van der Waals surface area contributed by atoms with Crippen LogP contribution in [0.25, 0.3) is 0 Å². The first-order valence-corrected chi connectivity index (χ1v) is 4.69. The molecule has 1 aromatic rings. The van der Waals surface area contributed by atoms with Crippen molar-refractivity contribution in [2.24, 2.45) is 0 Å². The molecule has 0 fully saturated rings. The summed E-state index contributed by atoms with van der Waals surface area (Å²) >= 11 is 5.75. The van der Waals surface area contributed by atoms with Gasteiger partial charge in [0.25, 0.3) is 0 Å². The van der Waals surface area contributed by atoms with Crippen molar-refractivity contribution in [3.63, 3.8) is 0 Å². The predicted molar refractivity (Wildman–Crippen MR) is 53.6 cm³/mol. The molecule has 1 N–H and O–H groups in total. The van der Waals surface area contributed by atoms with Crippen LogP contribution in [-0.4, -0.2) is 18.4 Å². The highest BCUT2D eigenvalue weighted by Gasteiger charge is 2.09. The SMILES string of the molecule is C[C@H](O)c1cc(Cl)ccc1OCCF. The molecule has 0 heterocycles. The van der Waals surface area contributed by atoms with E-state index in [1.807, 2.05) is 0 Å². The van der Waals surface area contributed by atoms with E-state index in [1.165, 1.54) is 0 Å². The van der Waals surface area contributed by atoms with Crippen LogP contribution >= 0.6 is 11.6 Å². The van der Waals surface area contributed by atoms with Crippen molar-refractivity contribution in [1.29, 1.82) is 0 Å². The smallest absolute Gasteiger partial charge is 0.125 e. The monoisotopic (exact) mass is 218 g/mol. The summed E-state index contributed by atoms with van der Waals surface area (Å²) in [6.07, 6.45) is -0.677. The van der Waals surface area contributed by atoms with Crippen LogP contribution in [0.2, 0.25) is 5.02 Å². The molecule has 4 heteroatoms. The van der Waals surface area contributed by atoms with Gasteiger partial charge in [0.05, 0.1) is 6.10 Å². The normalized spacial score (nSPS) is 12.6. The minimum Gasteiger partial charge on any atom is -0.490 e. The van der Waals surface area contributed by atoms with E-state index in [0.29, 0.717) is 16.3 Å². The number of halogens is 2. The number of rotatable bonds is 4. The number of aliphatic hydroxyl groups is 1. The van der Waals surface area contributed by atoms with Gasteiger partial charge in [-0.05, 0) is 25.1 Å².